The SMILES string of the molecule is CS(=O)(=O)OC1CN(c2ccccc2)CCN1C(=O)c1cccc(Oc2cc(CN)ncn2)c1. The van der Waals surface area contributed by atoms with E-state index in [1.165, 1.54) is 11.2 Å². The van der Waals surface area contributed by atoms with E-state index in [0.29, 0.717) is 29.4 Å². The standard InChI is InChI=1S/C23H25N5O5S/c1-34(30,31)33-22-15-27(19-7-3-2-4-8-19)10-11-28(22)23(29)17-6-5-9-20(12-17)32-21-13-18(14-24)25-16-26-21/h2-9,12-13,16,22H,10-11,14-15,24H2,1H3. The van der Waals surface area contributed by atoms with E-state index in [-0.39, 0.29) is 25.5 Å². The Hall–Kier alpha value is -3.54. The van der Waals surface area contributed by atoms with Crippen LogP contribution >= 0.6 is 0 Å². The average molecular weight is 484 g/mol. The summed E-state index contributed by atoms with van der Waals surface area (Å²) < 4.78 is 35.0. The second kappa shape index (κ2) is 10.2. The molecule has 1 unspecified atom stereocenters. The number of piperazine rings is 1. The number of rotatable bonds is 7. The van der Waals surface area contributed by atoms with Gasteiger partial charge in [0.15, 0.2) is 6.23 Å². The zero-order valence-corrected chi connectivity index (χ0v) is 19.4. The first kappa shape index (κ1) is 23.6. The highest BCUT2D eigenvalue weighted by atomic mass is 32.2. The molecular formula is C23H25N5O5S. The molecule has 0 saturated carbocycles. The molecule has 0 spiro atoms. The van der Waals surface area contributed by atoms with Gasteiger partial charge in [-0.1, -0.05) is 24.3 Å². The van der Waals surface area contributed by atoms with Crippen molar-refractivity contribution < 1.29 is 22.1 Å². The van der Waals surface area contributed by atoms with Gasteiger partial charge in [-0.25, -0.2) is 14.2 Å². The Labute approximate surface area is 198 Å². The van der Waals surface area contributed by atoms with Gasteiger partial charge < -0.3 is 20.3 Å². The van der Waals surface area contributed by atoms with Crippen molar-refractivity contribution in [1.29, 1.82) is 0 Å². The van der Waals surface area contributed by atoms with Gasteiger partial charge in [-0.3, -0.25) is 4.79 Å². The topological polar surface area (TPSA) is 128 Å². The quantitative estimate of drug-likeness (QED) is 0.502. The number of anilines is 1. The summed E-state index contributed by atoms with van der Waals surface area (Å²) in [6.07, 6.45) is 1.35. The van der Waals surface area contributed by atoms with Gasteiger partial charge in [0.25, 0.3) is 16.0 Å². The molecule has 1 amide bonds. The number of aromatic nitrogens is 2. The van der Waals surface area contributed by atoms with E-state index in [1.54, 1.807) is 30.3 Å². The number of carbonyl (C=O) groups excluding carboxylic acids is 1. The van der Waals surface area contributed by atoms with Crippen molar-refractivity contribution in [1.82, 2.24) is 14.9 Å². The van der Waals surface area contributed by atoms with Crippen LogP contribution in [0.4, 0.5) is 5.69 Å². The van der Waals surface area contributed by atoms with Crippen LogP contribution in [0.2, 0.25) is 0 Å². The van der Waals surface area contributed by atoms with Gasteiger partial charge in [-0.2, -0.15) is 8.42 Å². The van der Waals surface area contributed by atoms with Crippen molar-refractivity contribution in [3.05, 3.63) is 78.2 Å². The van der Waals surface area contributed by atoms with Gasteiger partial charge in [0.1, 0.15) is 12.1 Å². The van der Waals surface area contributed by atoms with Crippen LogP contribution in [0.3, 0.4) is 0 Å². The van der Waals surface area contributed by atoms with E-state index < -0.39 is 16.3 Å². The monoisotopic (exact) mass is 483 g/mol. The molecule has 1 aliphatic rings. The van der Waals surface area contributed by atoms with E-state index in [0.717, 1.165) is 11.9 Å². The summed E-state index contributed by atoms with van der Waals surface area (Å²) in [6, 6.07) is 17.8. The lowest BCUT2D eigenvalue weighted by Gasteiger charge is -2.41. The average Bonchev–Trinajstić information content (AvgIpc) is 2.83. The zero-order chi connectivity index (χ0) is 24.1. The van der Waals surface area contributed by atoms with Gasteiger partial charge >= 0.3 is 0 Å². The fraction of sp³-hybridized carbons (Fsp3) is 0.261. The Morgan fingerprint density at radius 3 is 2.62 bits per heavy atom. The maximum atomic E-state index is 13.4. The summed E-state index contributed by atoms with van der Waals surface area (Å²) in [5, 5.41) is 0. The Kier molecular flexibility index (Phi) is 7.06. The van der Waals surface area contributed by atoms with Gasteiger partial charge in [0.2, 0.25) is 5.88 Å². The number of carbonyl (C=O) groups is 1. The Bertz CT molecular complexity index is 1260. The smallest absolute Gasteiger partial charge is 0.266 e. The van der Waals surface area contributed by atoms with Gasteiger partial charge in [-0.15, -0.1) is 0 Å². The lowest BCUT2D eigenvalue weighted by Crippen LogP contribution is -2.56. The van der Waals surface area contributed by atoms with Crippen molar-refractivity contribution >= 4 is 21.7 Å². The van der Waals surface area contributed by atoms with Gasteiger partial charge in [-0.05, 0) is 30.3 Å². The molecule has 1 fully saturated rings. The molecule has 11 heteroatoms. The maximum Gasteiger partial charge on any atom is 0.266 e. The minimum atomic E-state index is -3.80. The third-order valence-electron chi connectivity index (χ3n) is 5.21. The van der Waals surface area contributed by atoms with Crippen molar-refractivity contribution in [3.8, 4) is 11.6 Å². The van der Waals surface area contributed by atoms with E-state index in [9.17, 15) is 13.2 Å². The summed E-state index contributed by atoms with van der Waals surface area (Å²) >= 11 is 0. The predicted molar refractivity (Wildman–Crippen MR) is 126 cm³/mol. The summed E-state index contributed by atoms with van der Waals surface area (Å²) in [4.78, 5) is 24.9. The first-order valence-electron chi connectivity index (χ1n) is 10.6. The molecule has 34 heavy (non-hydrogen) atoms. The fourth-order valence-corrected chi connectivity index (χ4v) is 4.23. The highest BCUT2D eigenvalue weighted by Gasteiger charge is 2.34. The number of para-hydroxylation sites is 1. The van der Waals surface area contributed by atoms with Crippen LogP contribution in [0.15, 0.2) is 67.0 Å². The molecule has 4 rings (SSSR count). The minimum Gasteiger partial charge on any atom is -0.439 e. The van der Waals surface area contributed by atoms with E-state index in [2.05, 4.69) is 9.97 Å². The molecule has 1 aliphatic heterocycles. The highest BCUT2D eigenvalue weighted by Crippen LogP contribution is 2.25. The first-order valence-corrected chi connectivity index (χ1v) is 12.4. The number of benzene rings is 2. The molecule has 2 N–H and O–H groups in total. The lowest BCUT2D eigenvalue weighted by molar-refractivity contribution is 0.0199. The highest BCUT2D eigenvalue weighted by molar-refractivity contribution is 7.86. The number of hydrogen-bond acceptors (Lipinski definition) is 9. The molecular weight excluding hydrogens is 458 g/mol. The number of ether oxygens (including phenoxy) is 1. The van der Waals surface area contributed by atoms with Crippen molar-refractivity contribution in [2.75, 3.05) is 30.8 Å². The van der Waals surface area contributed by atoms with Crippen LogP contribution in [-0.2, 0) is 20.8 Å². The van der Waals surface area contributed by atoms with Crippen LogP contribution in [0.25, 0.3) is 0 Å². The maximum absolute atomic E-state index is 13.4. The molecule has 3 aromatic rings. The predicted octanol–water partition coefficient (Wildman–Crippen LogP) is 1.99. The van der Waals surface area contributed by atoms with Crippen LogP contribution in [0.1, 0.15) is 16.1 Å². The molecule has 2 aromatic carbocycles. The fourth-order valence-electron chi connectivity index (χ4n) is 3.66. The summed E-state index contributed by atoms with van der Waals surface area (Å²) in [5.41, 5.74) is 7.49. The molecule has 0 bridgehead atoms. The molecule has 1 saturated heterocycles. The van der Waals surface area contributed by atoms with Crippen LogP contribution < -0.4 is 15.4 Å². The summed E-state index contributed by atoms with van der Waals surface area (Å²) in [6.45, 7) is 1.26. The van der Waals surface area contributed by atoms with Crippen LogP contribution in [-0.4, -0.2) is 61.3 Å². The Balaban J connectivity index is 1.55. The van der Waals surface area contributed by atoms with Crippen molar-refractivity contribution in [2.24, 2.45) is 5.73 Å². The molecule has 2 heterocycles. The molecule has 0 radical (unpaired) electrons. The molecule has 0 aliphatic carbocycles. The van der Waals surface area contributed by atoms with E-state index in [1.807, 2.05) is 35.2 Å². The number of hydrogen-bond donors (Lipinski definition) is 1. The summed E-state index contributed by atoms with van der Waals surface area (Å²) in [7, 11) is -3.80. The normalized spacial score (nSPS) is 16.4. The number of amides is 1. The van der Waals surface area contributed by atoms with Crippen molar-refractivity contribution in [2.45, 2.75) is 12.8 Å². The van der Waals surface area contributed by atoms with E-state index in [4.69, 9.17) is 14.7 Å². The number of nitrogens with zero attached hydrogens (tertiary/aromatic N) is 4. The number of nitrogens with two attached hydrogens (primary N) is 1. The van der Waals surface area contributed by atoms with E-state index >= 15 is 0 Å². The molecule has 178 valence electrons. The second-order valence-electron chi connectivity index (χ2n) is 7.72. The molecule has 1 aromatic heterocycles. The molecule has 10 nitrogen and oxygen atoms in total. The van der Waals surface area contributed by atoms with Gasteiger partial charge in [0, 0.05) is 37.0 Å². The van der Waals surface area contributed by atoms with Crippen LogP contribution in [0, 0.1) is 0 Å². The third kappa shape index (κ3) is 5.87. The molecule has 1 atom stereocenters. The van der Waals surface area contributed by atoms with Crippen molar-refractivity contribution in [3.63, 3.8) is 0 Å². The van der Waals surface area contributed by atoms with Gasteiger partial charge in [0.05, 0.1) is 18.5 Å². The minimum absolute atomic E-state index is 0.210. The second-order valence-corrected chi connectivity index (χ2v) is 9.32. The zero-order valence-electron chi connectivity index (χ0n) is 18.6. The van der Waals surface area contributed by atoms with Crippen LogP contribution in [0.5, 0.6) is 11.6 Å². The third-order valence-corrected chi connectivity index (χ3v) is 5.79. The largest absolute Gasteiger partial charge is 0.439 e. The summed E-state index contributed by atoms with van der Waals surface area (Å²) in [5.74, 6) is 0.336. The Morgan fingerprint density at radius 2 is 1.88 bits per heavy atom. The lowest BCUT2D eigenvalue weighted by atomic mass is 10.1. The Morgan fingerprint density at radius 1 is 1.09 bits per heavy atom. The first-order chi connectivity index (χ1) is 16.3.